The lowest BCUT2D eigenvalue weighted by atomic mass is 9.98. The van der Waals surface area contributed by atoms with Crippen LogP contribution in [0.1, 0.15) is 37.3 Å². The molecule has 0 saturated heterocycles. The van der Waals surface area contributed by atoms with Crippen molar-refractivity contribution >= 4 is 11.6 Å². The van der Waals surface area contributed by atoms with E-state index in [1.165, 1.54) is 11.1 Å². The summed E-state index contributed by atoms with van der Waals surface area (Å²) in [7, 11) is 0. The fourth-order valence-corrected chi connectivity index (χ4v) is 2.97. The van der Waals surface area contributed by atoms with Crippen LogP contribution in [0.25, 0.3) is 11.1 Å². The molecule has 1 atom stereocenters. The molecule has 0 bridgehead atoms. The van der Waals surface area contributed by atoms with Gasteiger partial charge in [0.2, 0.25) is 5.91 Å². The summed E-state index contributed by atoms with van der Waals surface area (Å²) in [5.74, 6) is 0.552. The molecule has 3 aromatic carbocycles. The fourth-order valence-electron chi connectivity index (χ4n) is 2.97. The molecule has 0 radical (unpaired) electrons. The Balaban J connectivity index is 1.59. The lowest BCUT2D eigenvalue weighted by molar-refractivity contribution is -0.115. The first-order valence-electron chi connectivity index (χ1n) is 9.20. The highest BCUT2D eigenvalue weighted by Gasteiger charge is 2.06. The van der Waals surface area contributed by atoms with E-state index in [0.29, 0.717) is 12.3 Å². The third-order valence-electron chi connectivity index (χ3n) is 4.80. The quantitative estimate of drug-likeness (QED) is 0.580. The number of carbonyl (C=O) groups is 1. The molecule has 2 heteroatoms. The van der Waals surface area contributed by atoms with Crippen molar-refractivity contribution in [2.24, 2.45) is 0 Å². The molecular weight excluding hydrogens is 318 g/mol. The van der Waals surface area contributed by atoms with Crippen LogP contribution in [0.2, 0.25) is 0 Å². The molecule has 3 aromatic rings. The number of rotatable bonds is 6. The van der Waals surface area contributed by atoms with Crippen molar-refractivity contribution < 1.29 is 4.79 Å². The molecule has 0 spiro atoms. The van der Waals surface area contributed by atoms with Gasteiger partial charge in [-0.15, -0.1) is 0 Å². The Morgan fingerprint density at radius 2 is 1.46 bits per heavy atom. The molecule has 0 aliphatic rings. The van der Waals surface area contributed by atoms with Crippen molar-refractivity contribution in [1.29, 1.82) is 0 Å². The second-order valence-electron chi connectivity index (χ2n) is 6.72. The molecule has 0 unspecified atom stereocenters. The van der Waals surface area contributed by atoms with Crippen LogP contribution in [-0.2, 0) is 11.2 Å². The molecule has 0 fully saturated rings. The Kier molecular flexibility index (Phi) is 5.85. The lowest BCUT2D eigenvalue weighted by Gasteiger charge is -2.11. The number of hydrogen-bond donors (Lipinski definition) is 1. The van der Waals surface area contributed by atoms with E-state index in [2.05, 4.69) is 55.6 Å². The molecule has 0 aromatic heterocycles. The van der Waals surface area contributed by atoms with E-state index in [-0.39, 0.29) is 5.91 Å². The fraction of sp³-hybridized carbons (Fsp3) is 0.208. The van der Waals surface area contributed by atoms with E-state index in [9.17, 15) is 4.79 Å². The third-order valence-corrected chi connectivity index (χ3v) is 4.80. The Bertz CT molecular complexity index is 836. The SMILES string of the molecule is CC[C@H](C)c1ccc(NC(=O)Cc2ccc(-c3ccccc3)cc2)cc1. The van der Waals surface area contributed by atoms with Crippen LogP contribution in [0.3, 0.4) is 0 Å². The van der Waals surface area contributed by atoms with E-state index in [4.69, 9.17) is 0 Å². The van der Waals surface area contributed by atoms with Crippen molar-refractivity contribution in [3.63, 3.8) is 0 Å². The van der Waals surface area contributed by atoms with Crippen molar-refractivity contribution in [2.45, 2.75) is 32.6 Å². The normalized spacial score (nSPS) is 11.8. The maximum absolute atomic E-state index is 12.3. The monoisotopic (exact) mass is 343 g/mol. The van der Waals surface area contributed by atoms with Crippen LogP contribution < -0.4 is 5.32 Å². The van der Waals surface area contributed by atoms with Crippen LogP contribution in [0, 0.1) is 0 Å². The Morgan fingerprint density at radius 1 is 0.846 bits per heavy atom. The van der Waals surface area contributed by atoms with E-state index in [1.807, 2.05) is 42.5 Å². The molecule has 132 valence electrons. The number of amides is 1. The Labute approximate surface area is 155 Å². The number of benzene rings is 3. The summed E-state index contributed by atoms with van der Waals surface area (Å²) in [5, 5.41) is 2.98. The summed E-state index contributed by atoms with van der Waals surface area (Å²) < 4.78 is 0. The number of nitrogens with one attached hydrogen (secondary N) is 1. The molecule has 2 nitrogen and oxygen atoms in total. The third kappa shape index (κ3) is 4.60. The standard InChI is InChI=1S/C24H25NO/c1-3-18(2)20-13-15-23(16-14-20)25-24(26)17-19-9-11-22(12-10-19)21-7-5-4-6-8-21/h4-16,18H,3,17H2,1-2H3,(H,25,26)/t18-/m0/s1. The van der Waals surface area contributed by atoms with Gasteiger partial charge in [-0.25, -0.2) is 0 Å². The highest BCUT2D eigenvalue weighted by atomic mass is 16.1. The summed E-state index contributed by atoms with van der Waals surface area (Å²) in [5.41, 5.74) is 5.52. The largest absolute Gasteiger partial charge is 0.326 e. The summed E-state index contributed by atoms with van der Waals surface area (Å²) in [6.07, 6.45) is 1.49. The minimum Gasteiger partial charge on any atom is -0.326 e. The molecule has 0 aliphatic carbocycles. The van der Waals surface area contributed by atoms with Gasteiger partial charge in [0, 0.05) is 5.69 Å². The minimum atomic E-state index is 0.00810. The van der Waals surface area contributed by atoms with Gasteiger partial charge in [0.15, 0.2) is 0 Å². The predicted octanol–water partition coefficient (Wildman–Crippen LogP) is 6.05. The highest BCUT2D eigenvalue weighted by molar-refractivity contribution is 5.92. The molecule has 1 amide bonds. The van der Waals surface area contributed by atoms with E-state index in [1.54, 1.807) is 0 Å². The van der Waals surface area contributed by atoms with Gasteiger partial charge in [-0.2, -0.15) is 0 Å². The van der Waals surface area contributed by atoms with Crippen molar-refractivity contribution in [3.05, 3.63) is 90.0 Å². The maximum Gasteiger partial charge on any atom is 0.228 e. The van der Waals surface area contributed by atoms with Crippen LogP contribution in [0.5, 0.6) is 0 Å². The molecule has 1 N–H and O–H groups in total. The van der Waals surface area contributed by atoms with Crippen molar-refractivity contribution in [2.75, 3.05) is 5.32 Å². The summed E-state index contributed by atoms with van der Waals surface area (Å²) in [6, 6.07) is 26.6. The van der Waals surface area contributed by atoms with Crippen molar-refractivity contribution in [1.82, 2.24) is 0 Å². The van der Waals surface area contributed by atoms with Crippen molar-refractivity contribution in [3.8, 4) is 11.1 Å². The van der Waals surface area contributed by atoms with Gasteiger partial charge >= 0.3 is 0 Å². The average Bonchev–Trinajstić information content (AvgIpc) is 2.69. The molecule has 0 heterocycles. The van der Waals surface area contributed by atoms with Crippen LogP contribution in [0.4, 0.5) is 5.69 Å². The topological polar surface area (TPSA) is 29.1 Å². The highest BCUT2D eigenvalue weighted by Crippen LogP contribution is 2.21. The molecule has 0 saturated carbocycles. The van der Waals surface area contributed by atoms with Crippen LogP contribution in [-0.4, -0.2) is 5.91 Å². The first kappa shape index (κ1) is 17.9. The van der Waals surface area contributed by atoms with Gasteiger partial charge in [0.05, 0.1) is 6.42 Å². The first-order chi connectivity index (χ1) is 12.7. The predicted molar refractivity (Wildman–Crippen MR) is 109 cm³/mol. The van der Waals surface area contributed by atoms with Gasteiger partial charge in [-0.3, -0.25) is 4.79 Å². The zero-order chi connectivity index (χ0) is 18.4. The van der Waals surface area contributed by atoms with Gasteiger partial charge in [-0.05, 0) is 46.7 Å². The van der Waals surface area contributed by atoms with Crippen LogP contribution in [0.15, 0.2) is 78.9 Å². The molecule has 26 heavy (non-hydrogen) atoms. The summed E-state index contributed by atoms with van der Waals surface area (Å²) in [6.45, 7) is 4.40. The Hall–Kier alpha value is -2.87. The average molecular weight is 343 g/mol. The molecule has 3 rings (SSSR count). The zero-order valence-electron chi connectivity index (χ0n) is 15.4. The van der Waals surface area contributed by atoms with E-state index < -0.39 is 0 Å². The number of hydrogen-bond acceptors (Lipinski definition) is 1. The van der Waals surface area contributed by atoms with Crippen LogP contribution >= 0.6 is 0 Å². The number of anilines is 1. The second kappa shape index (κ2) is 8.48. The smallest absolute Gasteiger partial charge is 0.228 e. The zero-order valence-corrected chi connectivity index (χ0v) is 15.4. The minimum absolute atomic E-state index is 0.00810. The second-order valence-corrected chi connectivity index (χ2v) is 6.72. The maximum atomic E-state index is 12.3. The van der Waals surface area contributed by atoms with Gasteiger partial charge in [0.25, 0.3) is 0 Å². The first-order valence-corrected chi connectivity index (χ1v) is 9.20. The molecule has 0 aliphatic heterocycles. The number of carbonyl (C=O) groups excluding carboxylic acids is 1. The lowest BCUT2D eigenvalue weighted by Crippen LogP contribution is -2.14. The summed E-state index contributed by atoms with van der Waals surface area (Å²) in [4.78, 5) is 12.3. The van der Waals surface area contributed by atoms with Gasteiger partial charge < -0.3 is 5.32 Å². The van der Waals surface area contributed by atoms with Gasteiger partial charge in [-0.1, -0.05) is 80.6 Å². The van der Waals surface area contributed by atoms with E-state index in [0.717, 1.165) is 23.2 Å². The Morgan fingerprint density at radius 3 is 2.08 bits per heavy atom. The van der Waals surface area contributed by atoms with E-state index >= 15 is 0 Å². The van der Waals surface area contributed by atoms with Gasteiger partial charge in [0.1, 0.15) is 0 Å². The summed E-state index contributed by atoms with van der Waals surface area (Å²) >= 11 is 0. The molecular formula is C24H25NO.